The largest absolute Gasteiger partial charge is 0.352 e. The molecule has 0 spiro atoms. The number of nitrogens with zero attached hydrogens (tertiary/aromatic N) is 3. The van der Waals surface area contributed by atoms with Crippen LogP contribution in [0.5, 0.6) is 0 Å². The third-order valence-corrected chi connectivity index (χ3v) is 6.85. The van der Waals surface area contributed by atoms with Crippen molar-refractivity contribution in [3.05, 3.63) is 98.7 Å². The summed E-state index contributed by atoms with van der Waals surface area (Å²) in [7, 11) is 0. The molecule has 1 unspecified atom stereocenters. The van der Waals surface area contributed by atoms with E-state index in [0.29, 0.717) is 42.2 Å². The van der Waals surface area contributed by atoms with Gasteiger partial charge in [-0.25, -0.2) is 9.82 Å². The number of benzene rings is 2. The van der Waals surface area contributed by atoms with Crippen molar-refractivity contribution < 1.29 is 9.59 Å². The molecule has 1 atom stereocenters. The normalized spacial score (nSPS) is 11.9. The molecule has 8 nitrogen and oxygen atoms in total. The van der Waals surface area contributed by atoms with E-state index in [0.717, 1.165) is 11.1 Å². The molecular formula is C30H38ClN5O3. The summed E-state index contributed by atoms with van der Waals surface area (Å²) in [4.78, 5) is 48.9. The zero-order valence-electron chi connectivity index (χ0n) is 23.3. The summed E-state index contributed by atoms with van der Waals surface area (Å²) in [6, 6.07) is 16.7. The molecule has 3 aromatic rings. The number of aromatic nitrogens is 2. The summed E-state index contributed by atoms with van der Waals surface area (Å²) >= 11 is 5.74. The number of carbonyl (C=O) groups excluding carboxylic acids is 2. The molecule has 0 aliphatic rings. The molecule has 39 heavy (non-hydrogen) atoms. The van der Waals surface area contributed by atoms with Crippen LogP contribution in [0.3, 0.4) is 0 Å². The lowest BCUT2D eigenvalue weighted by atomic mass is 9.98. The third kappa shape index (κ3) is 7.77. The molecule has 0 saturated heterocycles. The van der Waals surface area contributed by atoms with Crippen LogP contribution in [0.4, 0.5) is 0 Å². The van der Waals surface area contributed by atoms with Crippen molar-refractivity contribution in [3.63, 3.8) is 0 Å². The van der Waals surface area contributed by atoms with Crippen LogP contribution >= 0.6 is 11.8 Å². The number of hydrogen-bond donors (Lipinski definition) is 2. The molecule has 2 amide bonds. The first-order chi connectivity index (χ1) is 18.6. The molecule has 2 aromatic carbocycles. The molecule has 0 radical (unpaired) electrons. The van der Waals surface area contributed by atoms with Gasteiger partial charge < -0.3 is 10.2 Å². The van der Waals surface area contributed by atoms with E-state index in [9.17, 15) is 14.4 Å². The Morgan fingerprint density at radius 1 is 1.05 bits per heavy atom. The smallest absolute Gasteiger partial charge is 0.259 e. The first-order valence-corrected chi connectivity index (χ1v) is 13.6. The lowest BCUT2D eigenvalue weighted by Gasteiger charge is -2.36. The van der Waals surface area contributed by atoms with E-state index >= 15 is 0 Å². The summed E-state index contributed by atoms with van der Waals surface area (Å²) in [5, 5.41) is 2.73. The van der Waals surface area contributed by atoms with Crippen LogP contribution < -0.4 is 15.7 Å². The number of aryl methyl sites for hydroxylation is 2. The Labute approximate surface area is 235 Å². The molecule has 1 aromatic heterocycles. The highest BCUT2D eigenvalue weighted by Crippen LogP contribution is 2.30. The van der Waals surface area contributed by atoms with Crippen molar-refractivity contribution in [1.29, 1.82) is 0 Å². The van der Waals surface area contributed by atoms with E-state index in [2.05, 4.69) is 10.2 Å². The number of rotatable bonds is 12. The zero-order chi connectivity index (χ0) is 28.5. The topological polar surface area (TPSA) is 96.3 Å². The summed E-state index contributed by atoms with van der Waals surface area (Å²) in [5.74, 6) is 0.0965. The lowest BCUT2D eigenvalue weighted by molar-refractivity contribution is -0.119. The van der Waals surface area contributed by atoms with Gasteiger partial charge in [0.2, 0.25) is 5.91 Å². The molecule has 0 aliphatic heterocycles. The molecule has 9 heteroatoms. The Morgan fingerprint density at radius 2 is 1.72 bits per heavy atom. The average molecular weight is 552 g/mol. The summed E-state index contributed by atoms with van der Waals surface area (Å²) < 4.78 is 1.65. The minimum Gasteiger partial charge on any atom is -0.352 e. The van der Waals surface area contributed by atoms with Crippen molar-refractivity contribution in [2.75, 3.05) is 13.1 Å². The fraction of sp³-hybridized carbons (Fsp3) is 0.400. The van der Waals surface area contributed by atoms with Crippen molar-refractivity contribution >= 4 is 23.6 Å². The lowest BCUT2D eigenvalue weighted by Crippen LogP contribution is -2.43. The van der Waals surface area contributed by atoms with E-state index in [1.54, 1.807) is 16.4 Å². The van der Waals surface area contributed by atoms with Crippen LogP contribution in [0.15, 0.2) is 59.4 Å². The second-order valence-electron chi connectivity index (χ2n) is 10.1. The Bertz CT molecular complexity index is 1320. The quantitative estimate of drug-likeness (QED) is 0.255. The Hall–Kier alpha value is -3.49. The molecular weight excluding hydrogens is 514 g/mol. The molecule has 0 saturated carbocycles. The van der Waals surface area contributed by atoms with E-state index in [1.807, 2.05) is 75.4 Å². The molecule has 208 valence electrons. The summed E-state index contributed by atoms with van der Waals surface area (Å²) in [5.41, 5.74) is 3.29. The van der Waals surface area contributed by atoms with Gasteiger partial charge in [-0.15, -0.1) is 0 Å². The molecule has 2 N–H and O–H groups in total. The van der Waals surface area contributed by atoms with E-state index in [-0.39, 0.29) is 36.4 Å². The number of carbonyl (C=O) groups is 2. The first-order valence-electron chi connectivity index (χ1n) is 13.2. The van der Waals surface area contributed by atoms with Gasteiger partial charge >= 0.3 is 0 Å². The van der Waals surface area contributed by atoms with E-state index < -0.39 is 6.04 Å². The standard InChI is InChI=1S/C30H38ClN5O3/c1-20(2)27(35(17-9-16-33-31)29(38)25-14-12-21(3)13-15-25)28-34-22(4)26(18-32-23(5)37)30(39)36(28)19-24-10-7-6-8-11-24/h6-8,10-15,20,27,33H,9,16-19H2,1-5H3,(H,32,37). The molecule has 0 bridgehead atoms. The maximum atomic E-state index is 14.0. The molecule has 1 heterocycles. The number of nitrogens with one attached hydrogen (secondary N) is 2. The first kappa shape index (κ1) is 30.1. The highest BCUT2D eigenvalue weighted by molar-refractivity contribution is 6.13. The van der Waals surface area contributed by atoms with Gasteiger partial charge in [-0.1, -0.05) is 61.9 Å². The number of amides is 2. The second-order valence-corrected chi connectivity index (χ2v) is 10.4. The predicted molar refractivity (Wildman–Crippen MR) is 155 cm³/mol. The van der Waals surface area contributed by atoms with Gasteiger partial charge in [0, 0.05) is 31.3 Å². The predicted octanol–water partition coefficient (Wildman–Crippen LogP) is 4.52. The summed E-state index contributed by atoms with van der Waals surface area (Å²) in [6.07, 6.45) is 0.618. The van der Waals surface area contributed by atoms with Gasteiger partial charge in [-0.3, -0.25) is 19.0 Å². The minimum absolute atomic E-state index is 0.0575. The maximum Gasteiger partial charge on any atom is 0.259 e. The third-order valence-electron chi connectivity index (χ3n) is 6.66. The highest BCUT2D eigenvalue weighted by atomic mass is 35.5. The van der Waals surface area contributed by atoms with Crippen LogP contribution in [0.2, 0.25) is 0 Å². The van der Waals surface area contributed by atoms with Crippen LogP contribution in [-0.4, -0.2) is 39.4 Å². The number of halogens is 1. The maximum absolute atomic E-state index is 14.0. The van der Waals surface area contributed by atoms with Gasteiger partial charge in [-0.05, 0) is 55.7 Å². The van der Waals surface area contributed by atoms with E-state index in [1.165, 1.54) is 6.92 Å². The second kappa shape index (κ2) is 14.1. The van der Waals surface area contributed by atoms with Crippen molar-refractivity contribution in [2.24, 2.45) is 5.92 Å². The fourth-order valence-electron chi connectivity index (χ4n) is 4.62. The molecule has 0 fully saturated rings. The van der Waals surface area contributed by atoms with E-state index in [4.69, 9.17) is 16.8 Å². The van der Waals surface area contributed by atoms with Crippen LogP contribution in [0.1, 0.15) is 71.8 Å². The van der Waals surface area contributed by atoms with Crippen LogP contribution in [-0.2, 0) is 17.9 Å². The minimum atomic E-state index is -0.487. The Balaban J connectivity index is 2.20. The van der Waals surface area contributed by atoms with Gasteiger partial charge in [0.15, 0.2) is 0 Å². The fourth-order valence-corrected chi connectivity index (χ4v) is 4.76. The monoisotopic (exact) mass is 551 g/mol. The van der Waals surface area contributed by atoms with Gasteiger partial charge in [0.05, 0.1) is 24.7 Å². The van der Waals surface area contributed by atoms with Gasteiger partial charge in [-0.2, -0.15) is 0 Å². The molecule has 3 rings (SSSR count). The van der Waals surface area contributed by atoms with Crippen molar-refractivity contribution in [3.8, 4) is 0 Å². The number of hydrogen-bond acceptors (Lipinski definition) is 5. The molecule has 0 aliphatic carbocycles. The van der Waals surface area contributed by atoms with Crippen molar-refractivity contribution in [2.45, 2.75) is 60.2 Å². The zero-order valence-corrected chi connectivity index (χ0v) is 24.1. The van der Waals surface area contributed by atoms with Gasteiger partial charge in [0.1, 0.15) is 5.82 Å². The Kier molecular flexibility index (Phi) is 10.8. The summed E-state index contributed by atoms with van der Waals surface area (Å²) in [6.45, 7) is 10.5. The van der Waals surface area contributed by atoms with Crippen LogP contribution in [0.25, 0.3) is 0 Å². The Morgan fingerprint density at radius 3 is 2.31 bits per heavy atom. The SMILES string of the molecule is CC(=O)NCc1c(C)nc(C(C(C)C)N(CCCNCl)C(=O)c2ccc(C)cc2)n(Cc2ccccc2)c1=O. The van der Waals surface area contributed by atoms with Crippen molar-refractivity contribution in [1.82, 2.24) is 24.6 Å². The van der Waals surface area contributed by atoms with Crippen LogP contribution in [0, 0.1) is 19.8 Å². The van der Waals surface area contributed by atoms with Gasteiger partial charge in [0.25, 0.3) is 11.5 Å². The average Bonchev–Trinajstić information content (AvgIpc) is 2.90. The highest BCUT2D eigenvalue weighted by Gasteiger charge is 2.33.